The van der Waals surface area contributed by atoms with E-state index < -0.39 is 0 Å². The summed E-state index contributed by atoms with van der Waals surface area (Å²) in [6.07, 6.45) is 5.74. The van der Waals surface area contributed by atoms with Crippen molar-refractivity contribution >= 4 is 22.6 Å². The maximum atomic E-state index is 11.9. The number of carbonyl (C=O) groups excluding carboxylic acids is 1. The highest BCUT2D eigenvalue weighted by atomic mass is 16.6. The van der Waals surface area contributed by atoms with E-state index >= 15 is 0 Å². The molecule has 1 unspecified atom stereocenters. The number of terminal acetylenes is 1. The van der Waals surface area contributed by atoms with Crippen molar-refractivity contribution in [3.63, 3.8) is 0 Å². The fourth-order valence-corrected chi connectivity index (χ4v) is 2.06. The Labute approximate surface area is 97.4 Å². The standard InChI is InChI=1S/C12H9N3O2/c1-2-8-6-11(16)15(7-8)10-5-3-4-9-12(10)14-17-13-9/h1,3-5,8H,6-7H2. The monoisotopic (exact) mass is 227 g/mol. The smallest absolute Gasteiger partial charge is 0.228 e. The van der Waals surface area contributed by atoms with Gasteiger partial charge in [-0.25, -0.2) is 4.63 Å². The fraction of sp³-hybridized carbons (Fsp3) is 0.250. The second-order valence-electron chi connectivity index (χ2n) is 3.98. The van der Waals surface area contributed by atoms with E-state index in [1.807, 2.05) is 12.1 Å². The largest absolute Gasteiger partial charge is 0.309 e. The van der Waals surface area contributed by atoms with Gasteiger partial charge in [0.2, 0.25) is 5.91 Å². The molecule has 1 saturated heterocycles. The molecule has 2 heterocycles. The average molecular weight is 227 g/mol. The highest BCUT2D eigenvalue weighted by molar-refractivity contribution is 6.02. The first-order valence-electron chi connectivity index (χ1n) is 5.27. The lowest BCUT2D eigenvalue weighted by atomic mass is 10.1. The summed E-state index contributed by atoms with van der Waals surface area (Å²) in [5.74, 6) is 2.60. The molecule has 0 spiro atoms. The van der Waals surface area contributed by atoms with Gasteiger partial charge in [0.25, 0.3) is 0 Å². The molecule has 1 aromatic carbocycles. The zero-order chi connectivity index (χ0) is 11.8. The second-order valence-corrected chi connectivity index (χ2v) is 3.98. The summed E-state index contributed by atoms with van der Waals surface area (Å²) >= 11 is 0. The minimum Gasteiger partial charge on any atom is -0.309 e. The highest BCUT2D eigenvalue weighted by Crippen LogP contribution is 2.29. The third-order valence-electron chi connectivity index (χ3n) is 2.92. The zero-order valence-electron chi connectivity index (χ0n) is 8.96. The third kappa shape index (κ3) is 1.46. The van der Waals surface area contributed by atoms with Crippen LogP contribution in [0.4, 0.5) is 5.69 Å². The summed E-state index contributed by atoms with van der Waals surface area (Å²) in [6, 6.07) is 5.43. The molecule has 1 aromatic heterocycles. The summed E-state index contributed by atoms with van der Waals surface area (Å²) < 4.78 is 4.68. The number of rotatable bonds is 1. The van der Waals surface area contributed by atoms with Crippen LogP contribution in [-0.4, -0.2) is 22.8 Å². The van der Waals surface area contributed by atoms with Crippen molar-refractivity contribution in [3.8, 4) is 12.3 Å². The number of hydrogen-bond acceptors (Lipinski definition) is 4. The van der Waals surface area contributed by atoms with E-state index in [0.717, 1.165) is 0 Å². The molecule has 84 valence electrons. The van der Waals surface area contributed by atoms with Crippen molar-refractivity contribution in [3.05, 3.63) is 18.2 Å². The van der Waals surface area contributed by atoms with E-state index in [0.29, 0.717) is 29.7 Å². The van der Waals surface area contributed by atoms with Crippen molar-refractivity contribution in [2.24, 2.45) is 5.92 Å². The summed E-state index contributed by atoms with van der Waals surface area (Å²) in [7, 11) is 0. The molecule has 0 radical (unpaired) electrons. The van der Waals surface area contributed by atoms with Crippen molar-refractivity contribution in [1.29, 1.82) is 0 Å². The van der Waals surface area contributed by atoms with Gasteiger partial charge in [-0.15, -0.1) is 12.3 Å². The SMILES string of the molecule is C#CC1CC(=O)N(c2cccc3nonc23)C1. The quantitative estimate of drug-likeness (QED) is 0.687. The minimum atomic E-state index is -0.0300. The molecular weight excluding hydrogens is 218 g/mol. The van der Waals surface area contributed by atoms with E-state index in [2.05, 4.69) is 20.9 Å². The van der Waals surface area contributed by atoms with Crippen LogP contribution in [0.3, 0.4) is 0 Å². The minimum absolute atomic E-state index is 0.0171. The van der Waals surface area contributed by atoms with Gasteiger partial charge < -0.3 is 4.90 Å². The van der Waals surface area contributed by atoms with E-state index in [1.54, 1.807) is 11.0 Å². The van der Waals surface area contributed by atoms with Crippen LogP contribution in [-0.2, 0) is 4.79 Å². The molecule has 0 aliphatic carbocycles. The lowest BCUT2D eigenvalue weighted by Gasteiger charge is -2.15. The highest BCUT2D eigenvalue weighted by Gasteiger charge is 2.30. The maximum Gasteiger partial charge on any atom is 0.228 e. The summed E-state index contributed by atoms with van der Waals surface area (Å²) in [5, 5.41) is 7.57. The number of aromatic nitrogens is 2. The Hall–Kier alpha value is -2.35. The van der Waals surface area contributed by atoms with Gasteiger partial charge in [-0.2, -0.15) is 0 Å². The van der Waals surface area contributed by atoms with Crippen molar-refractivity contribution in [1.82, 2.24) is 10.3 Å². The molecule has 0 N–H and O–H groups in total. The van der Waals surface area contributed by atoms with Crippen molar-refractivity contribution in [2.75, 3.05) is 11.4 Å². The third-order valence-corrected chi connectivity index (χ3v) is 2.92. The Kier molecular flexibility index (Phi) is 2.08. The number of fused-ring (bicyclic) bond motifs is 1. The molecule has 17 heavy (non-hydrogen) atoms. The first-order valence-corrected chi connectivity index (χ1v) is 5.27. The summed E-state index contributed by atoms with van der Waals surface area (Å²) in [4.78, 5) is 13.5. The molecule has 1 aliphatic heterocycles. The Morgan fingerprint density at radius 1 is 1.47 bits per heavy atom. The van der Waals surface area contributed by atoms with Crippen LogP contribution in [0.1, 0.15) is 6.42 Å². The second kappa shape index (κ2) is 3.59. The first kappa shape index (κ1) is 9.85. The number of anilines is 1. The van der Waals surface area contributed by atoms with Crippen molar-refractivity contribution in [2.45, 2.75) is 6.42 Å². The average Bonchev–Trinajstić information content (AvgIpc) is 2.94. The van der Waals surface area contributed by atoms with Gasteiger partial charge in [0.05, 0.1) is 5.69 Å². The van der Waals surface area contributed by atoms with Crippen LogP contribution in [0.25, 0.3) is 11.0 Å². The molecule has 0 saturated carbocycles. The zero-order valence-corrected chi connectivity index (χ0v) is 8.96. The van der Waals surface area contributed by atoms with E-state index in [1.165, 1.54) is 0 Å². The number of benzene rings is 1. The molecule has 1 amide bonds. The van der Waals surface area contributed by atoms with E-state index in [4.69, 9.17) is 6.42 Å². The Morgan fingerprint density at radius 2 is 2.35 bits per heavy atom. The molecule has 1 fully saturated rings. The summed E-state index contributed by atoms with van der Waals surface area (Å²) in [5.41, 5.74) is 1.95. The first-order chi connectivity index (χ1) is 8.29. The Balaban J connectivity index is 2.08. The van der Waals surface area contributed by atoms with Crippen LogP contribution in [0.5, 0.6) is 0 Å². The van der Waals surface area contributed by atoms with E-state index in [-0.39, 0.29) is 11.8 Å². The number of amides is 1. The van der Waals surface area contributed by atoms with Gasteiger partial charge in [0, 0.05) is 18.9 Å². The molecule has 2 aromatic rings. The Morgan fingerprint density at radius 3 is 3.12 bits per heavy atom. The topological polar surface area (TPSA) is 59.2 Å². The molecule has 5 heteroatoms. The van der Waals surface area contributed by atoms with Gasteiger partial charge in [-0.1, -0.05) is 6.07 Å². The van der Waals surface area contributed by atoms with Gasteiger partial charge >= 0.3 is 0 Å². The van der Waals surface area contributed by atoms with Gasteiger partial charge in [0.15, 0.2) is 5.52 Å². The maximum absolute atomic E-state index is 11.9. The van der Waals surface area contributed by atoms with Crippen LogP contribution < -0.4 is 4.90 Å². The van der Waals surface area contributed by atoms with Crippen LogP contribution >= 0.6 is 0 Å². The lowest BCUT2D eigenvalue weighted by Crippen LogP contribution is -2.24. The van der Waals surface area contributed by atoms with Crippen LogP contribution in [0.15, 0.2) is 22.8 Å². The fourth-order valence-electron chi connectivity index (χ4n) is 2.06. The predicted octanol–water partition coefficient (Wildman–Crippen LogP) is 1.21. The van der Waals surface area contributed by atoms with Crippen LogP contribution in [0, 0.1) is 18.3 Å². The van der Waals surface area contributed by atoms with E-state index in [9.17, 15) is 4.79 Å². The molecule has 1 aliphatic rings. The number of nitrogens with zero attached hydrogens (tertiary/aromatic N) is 3. The van der Waals surface area contributed by atoms with Gasteiger partial charge in [-0.05, 0) is 22.4 Å². The Bertz CT molecular complexity index is 626. The molecule has 1 atom stereocenters. The number of carbonyl (C=O) groups is 1. The van der Waals surface area contributed by atoms with Crippen LogP contribution in [0.2, 0.25) is 0 Å². The molecule has 5 nitrogen and oxygen atoms in total. The number of hydrogen-bond donors (Lipinski definition) is 0. The lowest BCUT2D eigenvalue weighted by molar-refractivity contribution is -0.117. The molecule has 0 bridgehead atoms. The van der Waals surface area contributed by atoms with Gasteiger partial charge in [0.1, 0.15) is 5.52 Å². The van der Waals surface area contributed by atoms with Gasteiger partial charge in [-0.3, -0.25) is 4.79 Å². The molecular formula is C12H9N3O2. The molecule has 3 rings (SSSR count). The van der Waals surface area contributed by atoms with Crippen molar-refractivity contribution < 1.29 is 9.42 Å². The summed E-state index contributed by atoms with van der Waals surface area (Å²) in [6.45, 7) is 0.529. The predicted molar refractivity (Wildman–Crippen MR) is 61.1 cm³/mol. The normalized spacial score (nSPS) is 19.8.